The minimum Gasteiger partial charge on any atom is -0.336 e. The smallest absolute Gasteiger partial charge is 0.276 e. The first-order chi connectivity index (χ1) is 10.7. The second-order valence-corrected chi connectivity index (χ2v) is 7.50. The summed E-state index contributed by atoms with van der Waals surface area (Å²) in [6, 6.07) is 0. The molecule has 1 N–H and O–H groups in total. The number of carbonyl (C=O) groups excluding carboxylic acids is 1. The van der Waals surface area contributed by atoms with Crippen LogP contribution >= 0.6 is 11.3 Å². The molecule has 1 aliphatic heterocycles. The molecule has 1 atom stereocenters. The summed E-state index contributed by atoms with van der Waals surface area (Å²) < 4.78 is 0. The Kier molecular flexibility index (Phi) is 3.44. The summed E-state index contributed by atoms with van der Waals surface area (Å²) in [6.45, 7) is 3.61. The van der Waals surface area contributed by atoms with Gasteiger partial charge in [0.05, 0.1) is 10.7 Å². The Morgan fingerprint density at radius 1 is 1.32 bits per heavy atom. The number of hydrogen-bond donors (Lipinski definition) is 1. The fraction of sp³-hybridized carbons (Fsp3) is 0.600. The zero-order chi connectivity index (χ0) is 15.1. The van der Waals surface area contributed by atoms with Crippen molar-refractivity contribution in [3.05, 3.63) is 27.5 Å². The normalized spacial score (nSPS) is 22.0. The molecule has 2 fully saturated rings. The van der Waals surface area contributed by atoms with E-state index in [0.717, 1.165) is 49.5 Å². The Bertz CT molecular complexity index is 690. The average molecular weight is 317 g/mol. The van der Waals surface area contributed by atoms with E-state index in [-0.39, 0.29) is 5.91 Å². The summed E-state index contributed by atoms with van der Waals surface area (Å²) in [5, 5.41) is 12.1. The molecule has 22 heavy (non-hydrogen) atoms. The van der Waals surface area contributed by atoms with Crippen LogP contribution in [0, 0.1) is 6.92 Å². The minimum absolute atomic E-state index is 0.0219. The Hall–Kier alpha value is -1.76. The summed E-state index contributed by atoms with van der Waals surface area (Å²) in [5.74, 6) is 0.807. The third kappa shape index (κ3) is 2.54. The van der Waals surface area contributed by atoms with Crippen LogP contribution < -0.4 is 0 Å². The second kappa shape index (κ2) is 5.46. The third-order valence-corrected chi connectivity index (χ3v) is 5.51. The van der Waals surface area contributed by atoms with Crippen LogP contribution in [0.5, 0.6) is 0 Å². The van der Waals surface area contributed by atoms with Gasteiger partial charge in [-0.05, 0) is 32.6 Å². The molecule has 1 aliphatic carbocycles. The number of aromatic nitrogens is 4. The number of thiazole rings is 1. The van der Waals surface area contributed by atoms with E-state index in [9.17, 15) is 4.79 Å². The van der Waals surface area contributed by atoms with E-state index in [1.807, 2.05) is 11.1 Å². The van der Waals surface area contributed by atoms with E-state index in [0.29, 0.717) is 17.5 Å². The summed E-state index contributed by atoms with van der Waals surface area (Å²) >= 11 is 1.74. The largest absolute Gasteiger partial charge is 0.336 e. The molecule has 0 spiro atoms. The number of amides is 1. The molecule has 116 valence electrons. The van der Waals surface area contributed by atoms with Crippen LogP contribution in [0.4, 0.5) is 0 Å². The highest BCUT2D eigenvalue weighted by Crippen LogP contribution is 2.40. The lowest BCUT2D eigenvalue weighted by molar-refractivity contribution is 0.0699. The first-order valence-corrected chi connectivity index (χ1v) is 8.66. The molecule has 1 amide bonds. The number of carbonyl (C=O) groups is 1. The van der Waals surface area contributed by atoms with E-state index < -0.39 is 0 Å². The molecule has 0 aromatic carbocycles. The zero-order valence-electron chi connectivity index (χ0n) is 12.6. The number of rotatable bonds is 3. The summed E-state index contributed by atoms with van der Waals surface area (Å²) in [5.41, 5.74) is 1.38. The number of nitrogens with zero attached hydrogens (tertiary/aromatic N) is 4. The molecule has 1 saturated heterocycles. The van der Waals surface area contributed by atoms with E-state index >= 15 is 0 Å². The minimum atomic E-state index is 0.0219. The maximum absolute atomic E-state index is 12.8. The predicted octanol–water partition coefficient (Wildman–Crippen LogP) is 2.47. The summed E-state index contributed by atoms with van der Waals surface area (Å²) in [7, 11) is 0. The van der Waals surface area contributed by atoms with Gasteiger partial charge in [0, 0.05) is 36.0 Å². The number of likely N-dealkylation sites (tertiary alicyclic amines) is 1. The van der Waals surface area contributed by atoms with Crippen molar-refractivity contribution in [1.82, 2.24) is 25.3 Å². The molecule has 4 rings (SSSR count). The maximum Gasteiger partial charge on any atom is 0.276 e. The standard InChI is InChI=1S/C15H19N5OS/c1-9-7-16-14(22-9)11-3-2-6-20(8-11)15(21)13-12(10-4-5-10)17-19-18-13/h7,10-11H,2-6,8H2,1H3,(H,17,18,19). The average Bonchev–Trinajstić information content (AvgIpc) is 3.10. The number of hydrogen-bond acceptors (Lipinski definition) is 5. The highest BCUT2D eigenvalue weighted by Gasteiger charge is 2.35. The number of aryl methyl sites for hydroxylation is 1. The fourth-order valence-corrected chi connectivity index (χ4v) is 4.01. The Labute approximate surface area is 132 Å². The van der Waals surface area contributed by atoms with Crippen molar-refractivity contribution in [1.29, 1.82) is 0 Å². The second-order valence-electron chi connectivity index (χ2n) is 6.23. The summed E-state index contributed by atoms with van der Waals surface area (Å²) in [4.78, 5) is 20.4. The van der Waals surface area contributed by atoms with Crippen molar-refractivity contribution in [2.45, 2.75) is 44.4 Å². The van der Waals surface area contributed by atoms with Gasteiger partial charge in [-0.3, -0.25) is 4.79 Å². The topological polar surface area (TPSA) is 74.8 Å². The van der Waals surface area contributed by atoms with Gasteiger partial charge in [-0.25, -0.2) is 4.98 Å². The van der Waals surface area contributed by atoms with Gasteiger partial charge in [0.25, 0.3) is 5.91 Å². The lowest BCUT2D eigenvalue weighted by atomic mass is 9.98. The molecular weight excluding hydrogens is 298 g/mol. The van der Waals surface area contributed by atoms with E-state index in [4.69, 9.17) is 0 Å². The van der Waals surface area contributed by atoms with Gasteiger partial charge in [-0.2, -0.15) is 15.4 Å². The van der Waals surface area contributed by atoms with Gasteiger partial charge in [0.2, 0.25) is 0 Å². The van der Waals surface area contributed by atoms with Gasteiger partial charge in [0.15, 0.2) is 5.69 Å². The molecule has 0 radical (unpaired) electrons. The van der Waals surface area contributed by atoms with Crippen molar-refractivity contribution < 1.29 is 4.79 Å². The lowest BCUT2D eigenvalue weighted by Crippen LogP contribution is -2.39. The van der Waals surface area contributed by atoms with E-state index in [2.05, 4.69) is 27.3 Å². The van der Waals surface area contributed by atoms with Crippen molar-refractivity contribution in [2.24, 2.45) is 0 Å². The quantitative estimate of drug-likeness (QED) is 0.943. The Morgan fingerprint density at radius 3 is 2.91 bits per heavy atom. The van der Waals surface area contributed by atoms with Gasteiger partial charge in [0.1, 0.15) is 0 Å². The van der Waals surface area contributed by atoms with Crippen molar-refractivity contribution in [3.63, 3.8) is 0 Å². The van der Waals surface area contributed by atoms with Gasteiger partial charge in [-0.15, -0.1) is 11.3 Å². The molecule has 7 heteroatoms. The van der Waals surface area contributed by atoms with Crippen LogP contribution in [0.1, 0.15) is 63.6 Å². The monoisotopic (exact) mass is 317 g/mol. The highest BCUT2D eigenvalue weighted by molar-refractivity contribution is 7.11. The first kappa shape index (κ1) is 13.9. The number of H-pyrrole nitrogens is 1. The molecule has 2 aliphatic rings. The highest BCUT2D eigenvalue weighted by atomic mass is 32.1. The molecule has 2 aromatic heterocycles. The molecule has 3 heterocycles. The van der Waals surface area contributed by atoms with Crippen LogP contribution in [0.25, 0.3) is 0 Å². The van der Waals surface area contributed by atoms with Crippen LogP contribution in [-0.4, -0.2) is 44.3 Å². The molecule has 6 nitrogen and oxygen atoms in total. The van der Waals surface area contributed by atoms with Crippen LogP contribution in [0.15, 0.2) is 6.20 Å². The molecular formula is C15H19N5OS. The number of piperidine rings is 1. The van der Waals surface area contributed by atoms with Crippen molar-refractivity contribution in [2.75, 3.05) is 13.1 Å². The van der Waals surface area contributed by atoms with Crippen LogP contribution in [0.3, 0.4) is 0 Å². The predicted molar refractivity (Wildman–Crippen MR) is 83.1 cm³/mol. The van der Waals surface area contributed by atoms with E-state index in [1.165, 1.54) is 4.88 Å². The molecule has 1 saturated carbocycles. The van der Waals surface area contributed by atoms with Crippen molar-refractivity contribution >= 4 is 17.2 Å². The third-order valence-electron chi connectivity index (χ3n) is 4.44. The van der Waals surface area contributed by atoms with Gasteiger partial charge in [-0.1, -0.05) is 0 Å². The zero-order valence-corrected chi connectivity index (χ0v) is 13.4. The SMILES string of the molecule is Cc1cnc(C2CCCN(C(=O)c3n[nH]nc3C3CC3)C2)s1. The van der Waals surface area contributed by atoms with Gasteiger partial charge < -0.3 is 4.90 Å². The van der Waals surface area contributed by atoms with Crippen molar-refractivity contribution in [3.8, 4) is 0 Å². The Balaban J connectivity index is 1.52. The summed E-state index contributed by atoms with van der Waals surface area (Å²) in [6.07, 6.45) is 6.28. The lowest BCUT2D eigenvalue weighted by Gasteiger charge is -2.31. The van der Waals surface area contributed by atoms with E-state index in [1.54, 1.807) is 11.3 Å². The number of nitrogens with one attached hydrogen (secondary N) is 1. The molecule has 1 unspecified atom stereocenters. The first-order valence-electron chi connectivity index (χ1n) is 7.84. The maximum atomic E-state index is 12.8. The fourth-order valence-electron chi connectivity index (χ4n) is 3.11. The number of aromatic amines is 1. The molecule has 0 bridgehead atoms. The Morgan fingerprint density at radius 2 is 2.18 bits per heavy atom. The molecule has 2 aromatic rings. The van der Waals surface area contributed by atoms with Gasteiger partial charge >= 0.3 is 0 Å². The van der Waals surface area contributed by atoms with Crippen LogP contribution in [0.2, 0.25) is 0 Å². The van der Waals surface area contributed by atoms with Crippen LogP contribution in [-0.2, 0) is 0 Å².